The van der Waals surface area contributed by atoms with Crippen LogP contribution in [0, 0.1) is 0 Å². The van der Waals surface area contributed by atoms with Crippen LogP contribution in [0.3, 0.4) is 0 Å². The van der Waals surface area contributed by atoms with E-state index in [1.807, 2.05) is 13.8 Å². The number of rotatable bonds is 4. The molecule has 0 atom stereocenters. The molecule has 5 heteroatoms. The third-order valence-electron chi connectivity index (χ3n) is 3.08. The van der Waals surface area contributed by atoms with Gasteiger partial charge >= 0.3 is 5.97 Å². The second-order valence-electron chi connectivity index (χ2n) is 4.85. The lowest BCUT2D eigenvalue weighted by molar-refractivity contribution is 0.0681. The number of hydrogen-bond donors (Lipinski definition) is 1. The Hall–Kier alpha value is -1.36. The molecular weight excluding hydrogens is 218 g/mol. The molecule has 0 bridgehead atoms. The van der Waals surface area contributed by atoms with Crippen molar-refractivity contribution in [1.82, 2.24) is 14.7 Å². The number of hydrogen-bond acceptors (Lipinski definition) is 3. The Labute approximate surface area is 101 Å². The highest BCUT2D eigenvalue weighted by Gasteiger charge is 2.19. The van der Waals surface area contributed by atoms with Crippen LogP contribution < -0.4 is 0 Å². The van der Waals surface area contributed by atoms with E-state index in [4.69, 9.17) is 5.11 Å². The van der Waals surface area contributed by atoms with E-state index < -0.39 is 5.97 Å². The van der Waals surface area contributed by atoms with Gasteiger partial charge in [-0.15, -0.1) is 0 Å². The number of carboxylic acids is 1. The molecule has 0 amide bonds. The molecular formula is C12H19N3O2. The average Bonchev–Trinajstić information content (AvgIpc) is 2.86. The molecule has 1 N–H and O–H groups in total. The van der Waals surface area contributed by atoms with E-state index in [2.05, 4.69) is 10.00 Å². The molecule has 17 heavy (non-hydrogen) atoms. The highest BCUT2D eigenvalue weighted by atomic mass is 16.4. The Kier molecular flexibility index (Phi) is 3.47. The van der Waals surface area contributed by atoms with Crippen LogP contribution in [0.25, 0.3) is 0 Å². The molecule has 0 radical (unpaired) electrons. The van der Waals surface area contributed by atoms with Crippen molar-refractivity contribution in [3.8, 4) is 0 Å². The summed E-state index contributed by atoms with van der Waals surface area (Å²) in [5.74, 6) is -0.904. The Morgan fingerprint density at radius 3 is 2.59 bits per heavy atom. The lowest BCUT2D eigenvalue weighted by Gasteiger charge is -2.12. The Balaban J connectivity index is 2.17. The van der Waals surface area contributed by atoms with E-state index >= 15 is 0 Å². The van der Waals surface area contributed by atoms with E-state index in [-0.39, 0.29) is 11.7 Å². The third kappa shape index (κ3) is 2.66. The van der Waals surface area contributed by atoms with Crippen LogP contribution in [0.2, 0.25) is 0 Å². The molecule has 1 aromatic heterocycles. The Morgan fingerprint density at radius 2 is 2.12 bits per heavy atom. The summed E-state index contributed by atoms with van der Waals surface area (Å²) in [7, 11) is 0. The monoisotopic (exact) mass is 237 g/mol. The number of carbonyl (C=O) groups is 1. The van der Waals surface area contributed by atoms with Gasteiger partial charge in [-0.1, -0.05) is 0 Å². The van der Waals surface area contributed by atoms with Crippen LogP contribution in [-0.2, 0) is 6.54 Å². The maximum Gasteiger partial charge on any atom is 0.354 e. The predicted octanol–water partition coefficient (Wildman–Crippen LogP) is 1.76. The maximum absolute atomic E-state index is 11.1. The summed E-state index contributed by atoms with van der Waals surface area (Å²) < 4.78 is 1.59. The van der Waals surface area contributed by atoms with Crippen LogP contribution in [0.5, 0.6) is 0 Å². The smallest absolute Gasteiger partial charge is 0.354 e. The summed E-state index contributed by atoms with van der Waals surface area (Å²) >= 11 is 0. The lowest BCUT2D eigenvalue weighted by atomic mass is 10.3. The second-order valence-corrected chi connectivity index (χ2v) is 4.85. The van der Waals surface area contributed by atoms with Crippen molar-refractivity contribution in [2.75, 3.05) is 13.1 Å². The van der Waals surface area contributed by atoms with Crippen LogP contribution in [0.1, 0.15) is 48.9 Å². The summed E-state index contributed by atoms with van der Waals surface area (Å²) in [6, 6.07) is 1.77. The molecule has 1 aliphatic rings. The zero-order valence-electron chi connectivity index (χ0n) is 10.4. The van der Waals surface area contributed by atoms with E-state index in [0.717, 1.165) is 25.3 Å². The van der Waals surface area contributed by atoms with E-state index in [9.17, 15) is 4.79 Å². The topological polar surface area (TPSA) is 58.4 Å². The van der Waals surface area contributed by atoms with Crippen LogP contribution in [-0.4, -0.2) is 38.8 Å². The average molecular weight is 237 g/mol. The third-order valence-corrected chi connectivity index (χ3v) is 3.08. The standard InChI is InChI=1S/C12H19N3O2/c1-9(2)15-11(12(16)17)7-10(13-15)8-14-5-3-4-6-14/h7,9H,3-6,8H2,1-2H3,(H,16,17). The van der Waals surface area contributed by atoms with Crippen LogP contribution in [0.4, 0.5) is 0 Å². The van der Waals surface area contributed by atoms with Crippen molar-refractivity contribution >= 4 is 5.97 Å². The molecule has 1 aliphatic heterocycles. The summed E-state index contributed by atoms with van der Waals surface area (Å²) in [6.07, 6.45) is 2.47. The normalized spacial score (nSPS) is 16.9. The maximum atomic E-state index is 11.1. The number of likely N-dealkylation sites (tertiary alicyclic amines) is 1. The summed E-state index contributed by atoms with van der Waals surface area (Å²) in [6.45, 7) is 6.84. The van der Waals surface area contributed by atoms with E-state index in [1.165, 1.54) is 12.8 Å². The summed E-state index contributed by atoms with van der Waals surface area (Å²) in [4.78, 5) is 13.4. The minimum Gasteiger partial charge on any atom is -0.477 e. The lowest BCUT2D eigenvalue weighted by Crippen LogP contribution is -2.19. The van der Waals surface area contributed by atoms with Gasteiger partial charge in [0, 0.05) is 12.6 Å². The Bertz CT molecular complexity index is 406. The molecule has 0 unspecified atom stereocenters. The van der Waals surface area contributed by atoms with Crippen molar-refractivity contribution in [1.29, 1.82) is 0 Å². The SMILES string of the molecule is CC(C)n1nc(CN2CCCC2)cc1C(=O)O. The number of aromatic carboxylic acids is 1. The molecule has 1 saturated heterocycles. The first kappa shape index (κ1) is 12.1. The second kappa shape index (κ2) is 4.87. The fourth-order valence-electron chi connectivity index (χ4n) is 2.25. The Morgan fingerprint density at radius 1 is 1.47 bits per heavy atom. The van der Waals surface area contributed by atoms with Gasteiger partial charge in [0.2, 0.25) is 0 Å². The first-order valence-corrected chi connectivity index (χ1v) is 6.12. The molecule has 94 valence electrons. The van der Waals surface area contributed by atoms with Gasteiger partial charge in [0.15, 0.2) is 0 Å². The van der Waals surface area contributed by atoms with E-state index in [1.54, 1.807) is 10.7 Å². The fraction of sp³-hybridized carbons (Fsp3) is 0.667. The van der Waals surface area contributed by atoms with Crippen molar-refractivity contribution in [3.05, 3.63) is 17.5 Å². The van der Waals surface area contributed by atoms with Crippen molar-refractivity contribution in [2.24, 2.45) is 0 Å². The van der Waals surface area contributed by atoms with Gasteiger partial charge in [-0.25, -0.2) is 4.79 Å². The predicted molar refractivity (Wildman–Crippen MR) is 64.1 cm³/mol. The van der Waals surface area contributed by atoms with Gasteiger partial charge in [-0.3, -0.25) is 9.58 Å². The first-order valence-electron chi connectivity index (χ1n) is 6.12. The minimum atomic E-state index is -0.904. The molecule has 0 saturated carbocycles. The highest BCUT2D eigenvalue weighted by molar-refractivity contribution is 5.85. The largest absolute Gasteiger partial charge is 0.477 e. The summed E-state index contributed by atoms with van der Waals surface area (Å²) in [5, 5.41) is 13.5. The summed E-state index contributed by atoms with van der Waals surface area (Å²) in [5.41, 5.74) is 1.15. The molecule has 2 heterocycles. The minimum absolute atomic E-state index is 0.0772. The van der Waals surface area contributed by atoms with Gasteiger partial charge in [0.05, 0.1) is 5.69 Å². The molecule has 0 spiro atoms. The molecule has 5 nitrogen and oxygen atoms in total. The quantitative estimate of drug-likeness (QED) is 0.866. The zero-order chi connectivity index (χ0) is 12.4. The van der Waals surface area contributed by atoms with Gasteiger partial charge in [0.1, 0.15) is 5.69 Å². The van der Waals surface area contributed by atoms with Crippen LogP contribution >= 0.6 is 0 Å². The van der Waals surface area contributed by atoms with Gasteiger partial charge in [0.25, 0.3) is 0 Å². The van der Waals surface area contributed by atoms with Crippen molar-refractivity contribution in [3.63, 3.8) is 0 Å². The molecule has 1 aromatic rings. The number of carboxylic acid groups (broad SMARTS) is 1. The molecule has 2 rings (SSSR count). The van der Waals surface area contributed by atoms with Gasteiger partial charge < -0.3 is 5.11 Å². The molecule has 1 fully saturated rings. The zero-order valence-corrected chi connectivity index (χ0v) is 10.4. The van der Waals surface area contributed by atoms with Crippen LogP contribution in [0.15, 0.2) is 6.07 Å². The van der Waals surface area contributed by atoms with Crippen molar-refractivity contribution < 1.29 is 9.90 Å². The first-order chi connectivity index (χ1) is 8.08. The highest BCUT2D eigenvalue weighted by Crippen LogP contribution is 2.15. The van der Waals surface area contributed by atoms with Gasteiger partial charge in [-0.05, 0) is 45.8 Å². The number of aromatic nitrogens is 2. The fourth-order valence-corrected chi connectivity index (χ4v) is 2.25. The molecule has 0 aromatic carbocycles. The van der Waals surface area contributed by atoms with Gasteiger partial charge in [-0.2, -0.15) is 5.10 Å². The van der Waals surface area contributed by atoms with E-state index in [0.29, 0.717) is 0 Å². The molecule has 0 aliphatic carbocycles. The number of nitrogens with zero attached hydrogens (tertiary/aromatic N) is 3. The van der Waals surface area contributed by atoms with Crippen molar-refractivity contribution in [2.45, 2.75) is 39.3 Å².